The lowest BCUT2D eigenvalue weighted by molar-refractivity contribution is -0.141. The Morgan fingerprint density at radius 3 is 2.36 bits per heavy atom. The van der Waals surface area contributed by atoms with E-state index < -0.39 is 5.54 Å². The number of amides is 1. The van der Waals surface area contributed by atoms with Gasteiger partial charge >= 0.3 is 0 Å². The summed E-state index contributed by atoms with van der Waals surface area (Å²) in [7, 11) is 1.79. The molecule has 0 aromatic rings. The van der Waals surface area contributed by atoms with Gasteiger partial charge in [0.05, 0.1) is 18.2 Å². The maximum Gasteiger partial charge on any atom is 0.240 e. The SMILES string of the molecule is CC1CCC(C#N)(N(C)C(=O)C(C)N2CCC(O)CC2)CC1. The Bertz CT molecular complexity index is 430. The monoisotopic (exact) mass is 307 g/mol. The highest BCUT2D eigenvalue weighted by Crippen LogP contribution is 2.36. The molecule has 1 heterocycles. The normalized spacial score (nSPS) is 32.2. The van der Waals surface area contributed by atoms with Gasteiger partial charge in [-0.15, -0.1) is 0 Å². The Morgan fingerprint density at radius 1 is 1.32 bits per heavy atom. The number of aliphatic hydroxyl groups excluding tert-OH is 1. The van der Waals surface area contributed by atoms with Crippen LogP contribution in [0.2, 0.25) is 0 Å². The zero-order valence-electron chi connectivity index (χ0n) is 14.1. The Kier molecular flexibility index (Phi) is 5.46. The second kappa shape index (κ2) is 6.97. The van der Waals surface area contributed by atoms with Crippen molar-refractivity contribution in [3.63, 3.8) is 0 Å². The molecule has 2 rings (SSSR count). The van der Waals surface area contributed by atoms with E-state index in [9.17, 15) is 15.2 Å². The minimum Gasteiger partial charge on any atom is -0.393 e. The molecule has 0 aromatic heterocycles. The zero-order valence-corrected chi connectivity index (χ0v) is 14.1. The Hall–Kier alpha value is -1.12. The number of nitrogens with zero attached hydrogens (tertiary/aromatic N) is 3. The number of likely N-dealkylation sites (N-methyl/N-ethyl adjacent to an activating group) is 1. The fourth-order valence-electron chi connectivity index (χ4n) is 3.68. The fourth-order valence-corrected chi connectivity index (χ4v) is 3.68. The molecule has 5 heteroatoms. The number of carbonyl (C=O) groups is 1. The highest BCUT2D eigenvalue weighted by Gasteiger charge is 2.42. The smallest absolute Gasteiger partial charge is 0.240 e. The number of hydrogen-bond donors (Lipinski definition) is 1. The summed E-state index contributed by atoms with van der Waals surface area (Å²) in [5, 5.41) is 19.3. The summed E-state index contributed by atoms with van der Waals surface area (Å²) in [4.78, 5) is 16.7. The molecule has 2 aliphatic rings. The number of carbonyl (C=O) groups excluding carboxylic acids is 1. The molecule has 0 spiro atoms. The predicted octanol–water partition coefficient (Wildman–Crippen LogP) is 1.76. The number of piperidine rings is 1. The third-order valence-electron chi connectivity index (χ3n) is 5.69. The zero-order chi connectivity index (χ0) is 16.3. The maximum absolute atomic E-state index is 12.8. The molecular weight excluding hydrogens is 278 g/mol. The van der Waals surface area contributed by atoms with E-state index in [1.807, 2.05) is 6.92 Å². The van der Waals surface area contributed by atoms with Crippen LogP contribution in [0.25, 0.3) is 0 Å². The average Bonchev–Trinajstić information content (AvgIpc) is 2.54. The summed E-state index contributed by atoms with van der Waals surface area (Å²) >= 11 is 0. The van der Waals surface area contributed by atoms with E-state index in [-0.39, 0.29) is 18.1 Å². The van der Waals surface area contributed by atoms with Gasteiger partial charge in [-0.1, -0.05) is 6.92 Å². The van der Waals surface area contributed by atoms with Crippen molar-refractivity contribution >= 4 is 5.91 Å². The molecule has 1 aliphatic heterocycles. The molecule has 1 unspecified atom stereocenters. The van der Waals surface area contributed by atoms with E-state index in [1.165, 1.54) is 0 Å². The first-order valence-electron chi connectivity index (χ1n) is 8.50. The van der Waals surface area contributed by atoms with Gasteiger partial charge in [-0.25, -0.2) is 0 Å². The Labute approximate surface area is 133 Å². The maximum atomic E-state index is 12.8. The van der Waals surface area contributed by atoms with Gasteiger partial charge in [0, 0.05) is 20.1 Å². The van der Waals surface area contributed by atoms with Gasteiger partial charge in [-0.05, 0) is 51.4 Å². The van der Waals surface area contributed by atoms with Crippen LogP contribution < -0.4 is 0 Å². The molecule has 1 aliphatic carbocycles. The number of likely N-dealkylation sites (tertiary alicyclic amines) is 1. The van der Waals surface area contributed by atoms with Crippen molar-refractivity contribution in [3.05, 3.63) is 0 Å². The van der Waals surface area contributed by atoms with Crippen molar-refractivity contribution in [2.75, 3.05) is 20.1 Å². The van der Waals surface area contributed by atoms with E-state index >= 15 is 0 Å². The molecule has 124 valence electrons. The van der Waals surface area contributed by atoms with Gasteiger partial charge < -0.3 is 10.0 Å². The quantitative estimate of drug-likeness (QED) is 0.863. The molecular formula is C17H29N3O2. The van der Waals surface area contributed by atoms with Crippen LogP contribution in [0.1, 0.15) is 52.4 Å². The summed E-state index contributed by atoms with van der Waals surface area (Å²) in [5.41, 5.74) is -0.632. The molecule has 0 radical (unpaired) electrons. The van der Waals surface area contributed by atoms with E-state index in [1.54, 1.807) is 11.9 Å². The molecule has 22 heavy (non-hydrogen) atoms. The summed E-state index contributed by atoms with van der Waals surface area (Å²) in [6.07, 6.45) is 4.79. The van der Waals surface area contributed by atoms with Crippen molar-refractivity contribution in [1.82, 2.24) is 9.80 Å². The van der Waals surface area contributed by atoms with Crippen molar-refractivity contribution in [2.45, 2.75) is 70.1 Å². The van der Waals surface area contributed by atoms with Crippen molar-refractivity contribution < 1.29 is 9.90 Å². The first-order chi connectivity index (χ1) is 10.4. The average molecular weight is 307 g/mol. The minimum absolute atomic E-state index is 0.0347. The second-order valence-corrected chi connectivity index (χ2v) is 7.17. The number of aliphatic hydroxyl groups is 1. The summed E-state index contributed by atoms with van der Waals surface area (Å²) in [5.74, 6) is 0.679. The third-order valence-corrected chi connectivity index (χ3v) is 5.69. The lowest BCUT2D eigenvalue weighted by Gasteiger charge is -2.43. The van der Waals surface area contributed by atoms with Crippen molar-refractivity contribution in [2.24, 2.45) is 5.92 Å². The summed E-state index contributed by atoms with van der Waals surface area (Å²) < 4.78 is 0. The predicted molar refractivity (Wildman–Crippen MR) is 85.0 cm³/mol. The summed E-state index contributed by atoms with van der Waals surface area (Å²) in [6, 6.07) is 2.21. The van der Waals surface area contributed by atoms with E-state index in [0.717, 1.165) is 51.6 Å². The number of nitriles is 1. The lowest BCUT2D eigenvalue weighted by Crippen LogP contribution is -2.57. The number of hydrogen-bond acceptors (Lipinski definition) is 4. The van der Waals surface area contributed by atoms with Gasteiger partial charge in [-0.3, -0.25) is 9.69 Å². The summed E-state index contributed by atoms with van der Waals surface area (Å²) in [6.45, 7) is 5.63. The largest absolute Gasteiger partial charge is 0.393 e. The van der Waals surface area contributed by atoms with Crippen molar-refractivity contribution in [3.8, 4) is 6.07 Å². The van der Waals surface area contributed by atoms with Gasteiger partial charge in [0.15, 0.2) is 0 Å². The van der Waals surface area contributed by atoms with Gasteiger partial charge in [-0.2, -0.15) is 5.26 Å². The van der Waals surface area contributed by atoms with Crippen LogP contribution in [-0.4, -0.2) is 58.6 Å². The Morgan fingerprint density at radius 2 is 1.86 bits per heavy atom. The molecule has 0 bridgehead atoms. The van der Waals surface area contributed by atoms with Crippen LogP contribution in [0.3, 0.4) is 0 Å². The van der Waals surface area contributed by atoms with Gasteiger partial charge in [0.2, 0.25) is 5.91 Å². The van der Waals surface area contributed by atoms with E-state index in [2.05, 4.69) is 17.9 Å². The van der Waals surface area contributed by atoms with E-state index in [4.69, 9.17) is 0 Å². The molecule has 1 saturated heterocycles. The first kappa shape index (κ1) is 17.2. The number of rotatable bonds is 3. The molecule has 1 atom stereocenters. The fraction of sp³-hybridized carbons (Fsp3) is 0.882. The van der Waals surface area contributed by atoms with Gasteiger partial charge in [0.25, 0.3) is 0 Å². The van der Waals surface area contributed by atoms with Crippen LogP contribution in [0.4, 0.5) is 0 Å². The van der Waals surface area contributed by atoms with Crippen LogP contribution in [0.15, 0.2) is 0 Å². The van der Waals surface area contributed by atoms with Crippen molar-refractivity contribution in [1.29, 1.82) is 5.26 Å². The van der Waals surface area contributed by atoms with Crippen LogP contribution in [0, 0.1) is 17.2 Å². The highest BCUT2D eigenvalue weighted by atomic mass is 16.3. The molecule has 1 N–H and O–H groups in total. The van der Waals surface area contributed by atoms with Crippen LogP contribution in [-0.2, 0) is 4.79 Å². The molecule has 1 saturated carbocycles. The van der Waals surface area contributed by atoms with E-state index in [0.29, 0.717) is 5.92 Å². The minimum atomic E-state index is -0.632. The molecule has 2 fully saturated rings. The first-order valence-corrected chi connectivity index (χ1v) is 8.50. The lowest BCUT2D eigenvalue weighted by atomic mass is 9.77. The standard InChI is InChI=1S/C17H29N3O2/c1-13-4-8-17(12-18,9-5-13)19(3)16(22)14(2)20-10-6-15(21)7-11-20/h13-15,21H,4-11H2,1-3H3. The van der Waals surface area contributed by atoms with Gasteiger partial charge in [0.1, 0.15) is 5.54 Å². The molecule has 0 aromatic carbocycles. The topological polar surface area (TPSA) is 67.6 Å². The highest BCUT2D eigenvalue weighted by molar-refractivity contribution is 5.82. The van der Waals surface area contributed by atoms with Crippen LogP contribution in [0.5, 0.6) is 0 Å². The molecule has 1 amide bonds. The van der Waals surface area contributed by atoms with Crippen LogP contribution >= 0.6 is 0 Å². The third kappa shape index (κ3) is 3.44. The molecule has 5 nitrogen and oxygen atoms in total. The second-order valence-electron chi connectivity index (χ2n) is 7.17. The Balaban J connectivity index is 2.02.